The van der Waals surface area contributed by atoms with Gasteiger partial charge in [-0.15, -0.1) is 0 Å². The van der Waals surface area contributed by atoms with Crippen LogP contribution < -0.4 is 5.32 Å². The molecule has 2 atom stereocenters. The lowest BCUT2D eigenvalue weighted by Crippen LogP contribution is -2.41. The highest BCUT2D eigenvalue weighted by Crippen LogP contribution is 2.38. The molecule has 0 spiro atoms. The van der Waals surface area contributed by atoms with E-state index < -0.39 is 10.0 Å². The van der Waals surface area contributed by atoms with Crippen molar-refractivity contribution in [2.45, 2.75) is 62.0 Å². The average Bonchev–Trinajstić information content (AvgIpc) is 3.46. The van der Waals surface area contributed by atoms with Crippen molar-refractivity contribution in [1.82, 2.24) is 9.62 Å². The molecule has 27 heavy (non-hydrogen) atoms. The van der Waals surface area contributed by atoms with Crippen LogP contribution in [0, 0.1) is 5.92 Å². The van der Waals surface area contributed by atoms with Gasteiger partial charge in [0.25, 0.3) is 5.91 Å². The van der Waals surface area contributed by atoms with Gasteiger partial charge in [-0.2, -0.15) is 4.31 Å². The van der Waals surface area contributed by atoms with Gasteiger partial charge in [-0.3, -0.25) is 4.79 Å². The highest BCUT2D eigenvalue weighted by molar-refractivity contribution is 7.89. The summed E-state index contributed by atoms with van der Waals surface area (Å²) < 4.78 is 33.0. The molecule has 3 fully saturated rings. The minimum atomic E-state index is -3.48. The molecule has 148 valence electrons. The third kappa shape index (κ3) is 4.20. The first kappa shape index (κ1) is 18.9. The second-order valence-corrected chi connectivity index (χ2v) is 9.82. The van der Waals surface area contributed by atoms with Crippen LogP contribution in [0.3, 0.4) is 0 Å². The molecule has 2 heterocycles. The summed E-state index contributed by atoms with van der Waals surface area (Å²) in [5, 5.41) is 3.07. The van der Waals surface area contributed by atoms with E-state index in [0.29, 0.717) is 31.2 Å². The van der Waals surface area contributed by atoms with Crippen LogP contribution in [0.2, 0.25) is 0 Å². The second-order valence-electron chi connectivity index (χ2n) is 7.88. The number of benzene rings is 1. The molecule has 1 amide bonds. The van der Waals surface area contributed by atoms with Gasteiger partial charge in [-0.25, -0.2) is 8.42 Å². The van der Waals surface area contributed by atoms with Crippen molar-refractivity contribution in [1.29, 1.82) is 0 Å². The smallest absolute Gasteiger partial charge is 0.251 e. The fourth-order valence-corrected chi connectivity index (χ4v) is 5.63. The third-order valence-corrected chi connectivity index (χ3v) is 7.77. The van der Waals surface area contributed by atoms with Crippen LogP contribution >= 0.6 is 0 Å². The molecule has 1 saturated carbocycles. The van der Waals surface area contributed by atoms with E-state index in [1.54, 1.807) is 28.6 Å². The van der Waals surface area contributed by atoms with Gasteiger partial charge < -0.3 is 10.1 Å². The summed E-state index contributed by atoms with van der Waals surface area (Å²) in [4.78, 5) is 12.8. The number of sulfonamides is 1. The van der Waals surface area contributed by atoms with Gasteiger partial charge in [0.2, 0.25) is 10.0 Å². The van der Waals surface area contributed by atoms with Gasteiger partial charge >= 0.3 is 0 Å². The Morgan fingerprint density at radius 3 is 2.30 bits per heavy atom. The highest BCUT2D eigenvalue weighted by Gasteiger charge is 2.41. The van der Waals surface area contributed by atoms with Crippen molar-refractivity contribution in [2.75, 3.05) is 19.7 Å². The summed E-state index contributed by atoms with van der Waals surface area (Å²) in [5.74, 6) is 0.425. The van der Waals surface area contributed by atoms with Crippen LogP contribution in [0.4, 0.5) is 0 Å². The molecule has 1 aromatic carbocycles. The number of carbonyl (C=O) groups excluding carboxylic acids is 1. The first-order valence-corrected chi connectivity index (χ1v) is 11.5. The van der Waals surface area contributed by atoms with Crippen LogP contribution in [0.5, 0.6) is 0 Å². The lowest BCUT2D eigenvalue weighted by atomic mass is 10.1. The molecule has 1 aliphatic carbocycles. The van der Waals surface area contributed by atoms with E-state index in [2.05, 4.69) is 5.32 Å². The summed E-state index contributed by atoms with van der Waals surface area (Å²) >= 11 is 0. The Kier molecular flexibility index (Phi) is 5.53. The fourth-order valence-electron chi connectivity index (χ4n) is 4.12. The number of nitrogens with one attached hydrogen (secondary N) is 1. The standard InChI is InChI=1S/C20H28N2O4S/c23-20(21-18-11-14-26-19(18)15-5-6-15)16-7-9-17(10-8-16)27(24,25)22-12-3-1-2-4-13-22/h7-10,15,18-19H,1-6,11-14H2,(H,21,23)/t18-,19+/m1/s1. The normalized spacial score (nSPS) is 27.3. The van der Waals surface area contributed by atoms with Crippen molar-refractivity contribution in [2.24, 2.45) is 5.92 Å². The molecular weight excluding hydrogens is 364 g/mol. The van der Waals surface area contributed by atoms with Crippen LogP contribution in [-0.2, 0) is 14.8 Å². The van der Waals surface area contributed by atoms with Crippen molar-refractivity contribution in [3.63, 3.8) is 0 Å². The van der Waals surface area contributed by atoms with Gasteiger partial charge in [0.1, 0.15) is 0 Å². The second kappa shape index (κ2) is 7.89. The van der Waals surface area contributed by atoms with E-state index in [0.717, 1.165) is 32.1 Å². The van der Waals surface area contributed by atoms with E-state index >= 15 is 0 Å². The number of amides is 1. The average molecular weight is 393 g/mol. The minimum Gasteiger partial charge on any atom is -0.376 e. The van der Waals surface area contributed by atoms with Crippen molar-refractivity contribution >= 4 is 15.9 Å². The van der Waals surface area contributed by atoms with E-state index in [9.17, 15) is 13.2 Å². The molecule has 1 N–H and O–H groups in total. The first-order valence-electron chi connectivity index (χ1n) is 10.1. The zero-order valence-electron chi connectivity index (χ0n) is 15.6. The molecule has 0 aromatic heterocycles. The summed E-state index contributed by atoms with van der Waals surface area (Å²) in [6, 6.07) is 6.40. The Morgan fingerprint density at radius 1 is 1.00 bits per heavy atom. The van der Waals surface area contributed by atoms with Crippen LogP contribution in [0.25, 0.3) is 0 Å². The van der Waals surface area contributed by atoms with Gasteiger partial charge in [-0.1, -0.05) is 12.8 Å². The van der Waals surface area contributed by atoms with Crippen LogP contribution in [0.1, 0.15) is 55.3 Å². The Bertz CT molecular complexity index is 766. The van der Waals surface area contributed by atoms with Gasteiger partial charge in [0.05, 0.1) is 17.0 Å². The molecule has 0 radical (unpaired) electrons. The number of ether oxygens (including phenoxy) is 1. The molecule has 6 nitrogen and oxygen atoms in total. The van der Waals surface area contributed by atoms with Crippen LogP contribution in [-0.4, -0.2) is 50.5 Å². The number of hydrogen-bond donors (Lipinski definition) is 1. The predicted octanol–water partition coefficient (Wildman–Crippen LogP) is 2.55. The Labute approximate surface area is 161 Å². The lowest BCUT2D eigenvalue weighted by Gasteiger charge is -2.21. The van der Waals surface area contributed by atoms with Gasteiger partial charge in [-0.05, 0) is 62.3 Å². The van der Waals surface area contributed by atoms with Crippen molar-refractivity contribution in [3.8, 4) is 0 Å². The minimum absolute atomic E-state index is 0.0607. The Balaban J connectivity index is 1.42. The molecule has 4 rings (SSSR count). The number of rotatable bonds is 5. The molecule has 1 aromatic rings. The topological polar surface area (TPSA) is 75.7 Å². The van der Waals surface area contributed by atoms with Gasteiger partial charge in [0.15, 0.2) is 0 Å². The van der Waals surface area contributed by atoms with Crippen molar-refractivity contribution in [3.05, 3.63) is 29.8 Å². The summed E-state index contributed by atoms with van der Waals surface area (Å²) in [7, 11) is -3.48. The molecular formula is C20H28N2O4S. The largest absolute Gasteiger partial charge is 0.376 e. The summed E-state index contributed by atoms with van der Waals surface area (Å²) in [5.41, 5.74) is 0.492. The number of nitrogens with zero attached hydrogens (tertiary/aromatic N) is 1. The maximum atomic E-state index is 12.8. The fraction of sp³-hybridized carbons (Fsp3) is 0.650. The number of carbonyl (C=O) groups is 1. The van der Waals surface area contributed by atoms with Crippen molar-refractivity contribution < 1.29 is 17.9 Å². The SMILES string of the molecule is O=C(N[C@@H]1CCO[C@H]1C1CC1)c1ccc(S(=O)(=O)N2CCCCCC2)cc1. The van der Waals surface area contributed by atoms with E-state index in [1.165, 1.54) is 12.8 Å². The quantitative estimate of drug-likeness (QED) is 0.836. The zero-order chi connectivity index (χ0) is 18.9. The van der Waals surface area contributed by atoms with E-state index in [-0.39, 0.29) is 22.9 Å². The molecule has 0 bridgehead atoms. The molecule has 3 aliphatic rings. The predicted molar refractivity (Wildman–Crippen MR) is 102 cm³/mol. The maximum absolute atomic E-state index is 12.8. The molecule has 2 saturated heterocycles. The van der Waals surface area contributed by atoms with E-state index in [4.69, 9.17) is 4.74 Å². The molecule has 7 heteroatoms. The number of hydrogen-bond acceptors (Lipinski definition) is 4. The first-order chi connectivity index (χ1) is 13.1. The molecule has 0 unspecified atom stereocenters. The van der Waals surface area contributed by atoms with Gasteiger partial charge in [0, 0.05) is 25.3 Å². The Morgan fingerprint density at radius 2 is 1.67 bits per heavy atom. The van der Waals surface area contributed by atoms with E-state index in [1.807, 2.05) is 0 Å². The zero-order valence-corrected chi connectivity index (χ0v) is 16.4. The third-order valence-electron chi connectivity index (χ3n) is 5.86. The van der Waals surface area contributed by atoms with Crippen LogP contribution in [0.15, 0.2) is 29.2 Å². The summed E-state index contributed by atoms with van der Waals surface area (Å²) in [6.07, 6.45) is 7.32. The highest BCUT2D eigenvalue weighted by atomic mass is 32.2. The monoisotopic (exact) mass is 392 g/mol. The lowest BCUT2D eigenvalue weighted by molar-refractivity contribution is 0.0729. The Hall–Kier alpha value is -1.44. The summed E-state index contributed by atoms with van der Waals surface area (Å²) in [6.45, 7) is 1.85. The maximum Gasteiger partial charge on any atom is 0.251 e. The molecule has 2 aliphatic heterocycles.